The third-order valence-corrected chi connectivity index (χ3v) is 4.87. The molecule has 0 unspecified atom stereocenters. The fourth-order valence-corrected chi connectivity index (χ4v) is 3.19. The second-order valence-corrected chi connectivity index (χ2v) is 7.33. The molecule has 166 valence electrons. The van der Waals surface area contributed by atoms with E-state index in [1.54, 1.807) is 24.3 Å². The number of nitrogen functional groups attached to an aromatic ring is 1. The standard InChI is InChI=1S/C25H24N6O2/c1-17-9-5-7-13-20(17)28-25-30-22(29-24(26)31-25)16-33-21-14-8-6-12-19(21)23(32)27-15-18-10-3-2-4-11-18/h2-14H,15-16H2,1H3,(H,27,32)(H3,26,28,29,30,31). The van der Waals surface area contributed by atoms with Crippen LogP contribution in [0.15, 0.2) is 78.9 Å². The lowest BCUT2D eigenvalue weighted by Crippen LogP contribution is -2.23. The van der Waals surface area contributed by atoms with Gasteiger partial charge in [-0.15, -0.1) is 0 Å². The highest BCUT2D eigenvalue weighted by atomic mass is 16.5. The molecule has 0 spiro atoms. The molecular weight excluding hydrogens is 416 g/mol. The molecule has 4 rings (SSSR count). The molecule has 0 radical (unpaired) electrons. The molecule has 0 fully saturated rings. The van der Waals surface area contributed by atoms with Crippen LogP contribution >= 0.6 is 0 Å². The Morgan fingerprint density at radius 2 is 1.64 bits per heavy atom. The van der Waals surface area contributed by atoms with Gasteiger partial charge in [0.25, 0.3) is 5.91 Å². The number of hydrogen-bond acceptors (Lipinski definition) is 7. The van der Waals surface area contributed by atoms with Crippen LogP contribution in [0.25, 0.3) is 0 Å². The van der Waals surface area contributed by atoms with E-state index in [-0.39, 0.29) is 18.5 Å². The molecule has 8 heteroatoms. The summed E-state index contributed by atoms with van der Waals surface area (Å²) < 4.78 is 5.88. The summed E-state index contributed by atoms with van der Waals surface area (Å²) in [7, 11) is 0. The lowest BCUT2D eigenvalue weighted by atomic mass is 10.1. The topological polar surface area (TPSA) is 115 Å². The van der Waals surface area contributed by atoms with Gasteiger partial charge in [0, 0.05) is 12.2 Å². The average Bonchev–Trinajstić information content (AvgIpc) is 2.83. The highest BCUT2D eigenvalue weighted by molar-refractivity contribution is 5.96. The Morgan fingerprint density at radius 1 is 0.909 bits per heavy atom. The van der Waals surface area contributed by atoms with E-state index in [1.807, 2.05) is 61.5 Å². The summed E-state index contributed by atoms with van der Waals surface area (Å²) in [5.74, 6) is 0.943. The van der Waals surface area contributed by atoms with Crippen molar-refractivity contribution in [3.8, 4) is 5.75 Å². The van der Waals surface area contributed by atoms with Gasteiger partial charge in [0.05, 0.1) is 5.56 Å². The minimum atomic E-state index is -0.230. The van der Waals surface area contributed by atoms with E-state index in [0.717, 1.165) is 16.8 Å². The van der Waals surface area contributed by atoms with E-state index in [2.05, 4.69) is 25.6 Å². The number of nitrogens with one attached hydrogen (secondary N) is 2. The van der Waals surface area contributed by atoms with E-state index in [9.17, 15) is 4.79 Å². The number of nitrogens with zero attached hydrogens (tertiary/aromatic N) is 3. The Labute approximate surface area is 191 Å². The molecular formula is C25H24N6O2. The van der Waals surface area contributed by atoms with Gasteiger partial charge in [0.1, 0.15) is 12.4 Å². The van der Waals surface area contributed by atoms with Crippen LogP contribution in [0.5, 0.6) is 5.75 Å². The van der Waals surface area contributed by atoms with Crippen molar-refractivity contribution in [1.29, 1.82) is 0 Å². The number of rotatable bonds is 8. The molecule has 0 saturated carbocycles. The number of para-hydroxylation sites is 2. The molecule has 1 aromatic heterocycles. The lowest BCUT2D eigenvalue weighted by Gasteiger charge is -2.12. The summed E-state index contributed by atoms with van der Waals surface area (Å²) in [6, 6.07) is 24.5. The van der Waals surface area contributed by atoms with E-state index < -0.39 is 0 Å². The third kappa shape index (κ3) is 5.82. The number of amides is 1. The fourth-order valence-electron chi connectivity index (χ4n) is 3.19. The second kappa shape index (κ2) is 10.2. The summed E-state index contributed by atoms with van der Waals surface area (Å²) in [5, 5.41) is 6.07. The van der Waals surface area contributed by atoms with Crippen LogP contribution in [0.1, 0.15) is 27.3 Å². The lowest BCUT2D eigenvalue weighted by molar-refractivity contribution is 0.0946. The zero-order chi connectivity index (χ0) is 23.0. The number of aryl methyl sites for hydroxylation is 1. The molecule has 0 bridgehead atoms. The molecule has 1 amide bonds. The smallest absolute Gasteiger partial charge is 0.255 e. The number of nitrogens with two attached hydrogens (primary N) is 1. The highest BCUT2D eigenvalue weighted by Gasteiger charge is 2.13. The molecule has 8 nitrogen and oxygen atoms in total. The van der Waals surface area contributed by atoms with Crippen molar-refractivity contribution in [1.82, 2.24) is 20.3 Å². The Bertz CT molecular complexity index is 1250. The summed E-state index contributed by atoms with van der Waals surface area (Å²) in [5.41, 5.74) is 9.23. The van der Waals surface area contributed by atoms with Crippen LogP contribution in [-0.2, 0) is 13.2 Å². The molecule has 33 heavy (non-hydrogen) atoms. The normalized spacial score (nSPS) is 10.5. The molecule has 0 atom stereocenters. The first-order valence-corrected chi connectivity index (χ1v) is 10.5. The minimum absolute atomic E-state index is 0.0259. The first kappa shape index (κ1) is 21.8. The van der Waals surface area contributed by atoms with Gasteiger partial charge in [-0.25, -0.2) is 0 Å². The zero-order valence-electron chi connectivity index (χ0n) is 18.2. The highest BCUT2D eigenvalue weighted by Crippen LogP contribution is 2.21. The molecule has 4 aromatic rings. The van der Waals surface area contributed by atoms with Gasteiger partial charge in [0.15, 0.2) is 5.82 Å². The van der Waals surface area contributed by atoms with Crippen molar-refractivity contribution in [2.75, 3.05) is 11.1 Å². The van der Waals surface area contributed by atoms with E-state index in [4.69, 9.17) is 10.5 Å². The predicted molar refractivity (Wildman–Crippen MR) is 127 cm³/mol. The van der Waals surface area contributed by atoms with E-state index in [1.165, 1.54) is 0 Å². The summed E-state index contributed by atoms with van der Waals surface area (Å²) in [4.78, 5) is 25.4. The zero-order valence-corrected chi connectivity index (χ0v) is 18.2. The van der Waals surface area contributed by atoms with E-state index >= 15 is 0 Å². The SMILES string of the molecule is Cc1ccccc1Nc1nc(N)nc(COc2ccccc2C(=O)NCc2ccccc2)n1. The maximum Gasteiger partial charge on any atom is 0.255 e. The third-order valence-electron chi connectivity index (χ3n) is 4.87. The van der Waals surface area contributed by atoms with Crippen LogP contribution in [0, 0.1) is 6.92 Å². The van der Waals surface area contributed by atoms with Crippen molar-refractivity contribution in [3.63, 3.8) is 0 Å². The number of benzene rings is 3. The fraction of sp³-hybridized carbons (Fsp3) is 0.120. The van der Waals surface area contributed by atoms with Crippen LogP contribution in [0.3, 0.4) is 0 Å². The monoisotopic (exact) mass is 440 g/mol. The largest absolute Gasteiger partial charge is 0.485 e. The number of hydrogen-bond donors (Lipinski definition) is 3. The van der Waals surface area contributed by atoms with Gasteiger partial charge in [-0.05, 0) is 36.2 Å². The maximum atomic E-state index is 12.7. The quantitative estimate of drug-likeness (QED) is 0.379. The summed E-state index contributed by atoms with van der Waals surface area (Å²) >= 11 is 0. The average molecular weight is 441 g/mol. The molecule has 0 saturated heterocycles. The Kier molecular flexibility index (Phi) is 6.75. The van der Waals surface area contributed by atoms with Gasteiger partial charge in [-0.2, -0.15) is 15.0 Å². The summed E-state index contributed by atoms with van der Waals surface area (Å²) in [6.07, 6.45) is 0. The maximum absolute atomic E-state index is 12.7. The van der Waals surface area contributed by atoms with Gasteiger partial charge >= 0.3 is 0 Å². The number of carbonyl (C=O) groups is 1. The van der Waals surface area contributed by atoms with Crippen molar-refractivity contribution in [3.05, 3.63) is 101 Å². The van der Waals surface area contributed by atoms with Crippen molar-refractivity contribution in [2.24, 2.45) is 0 Å². The second-order valence-electron chi connectivity index (χ2n) is 7.33. The molecule has 1 heterocycles. The predicted octanol–water partition coefficient (Wildman–Crippen LogP) is 4.01. The number of anilines is 3. The molecule has 0 aliphatic carbocycles. The van der Waals surface area contributed by atoms with Crippen molar-refractivity contribution in [2.45, 2.75) is 20.1 Å². The molecule has 0 aliphatic rings. The Hall–Kier alpha value is -4.46. The van der Waals surface area contributed by atoms with Crippen molar-refractivity contribution < 1.29 is 9.53 Å². The molecule has 4 N–H and O–H groups in total. The summed E-state index contributed by atoms with van der Waals surface area (Å²) in [6.45, 7) is 2.43. The van der Waals surface area contributed by atoms with Gasteiger partial charge in [0.2, 0.25) is 11.9 Å². The molecule has 3 aromatic carbocycles. The number of aromatic nitrogens is 3. The Balaban J connectivity index is 1.44. The van der Waals surface area contributed by atoms with Crippen LogP contribution in [-0.4, -0.2) is 20.9 Å². The molecule has 0 aliphatic heterocycles. The van der Waals surface area contributed by atoms with Crippen LogP contribution < -0.4 is 21.1 Å². The number of carbonyl (C=O) groups excluding carboxylic acids is 1. The van der Waals surface area contributed by atoms with Crippen molar-refractivity contribution >= 4 is 23.5 Å². The van der Waals surface area contributed by atoms with Crippen LogP contribution in [0.2, 0.25) is 0 Å². The van der Waals surface area contributed by atoms with Gasteiger partial charge < -0.3 is 21.1 Å². The van der Waals surface area contributed by atoms with Crippen LogP contribution in [0.4, 0.5) is 17.6 Å². The van der Waals surface area contributed by atoms with Gasteiger partial charge in [-0.1, -0.05) is 60.7 Å². The van der Waals surface area contributed by atoms with Gasteiger partial charge in [-0.3, -0.25) is 4.79 Å². The Morgan fingerprint density at radius 3 is 2.45 bits per heavy atom. The first-order chi connectivity index (χ1) is 16.1. The van der Waals surface area contributed by atoms with E-state index in [0.29, 0.717) is 29.6 Å². The minimum Gasteiger partial charge on any atom is -0.485 e. The number of ether oxygens (including phenoxy) is 1. The first-order valence-electron chi connectivity index (χ1n) is 10.5.